The number of rotatable bonds is 6. The zero-order valence-electron chi connectivity index (χ0n) is 12.3. The first kappa shape index (κ1) is 18.9. The summed E-state index contributed by atoms with van der Waals surface area (Å²) in [6.45, 7) is 11.0. The number of hydrogen-bond acceptors (Lipinski definition) is 3. The lowest BCUT2D eigenvalue weighted by Gasteiger charge is -2.35. The van der Waals surface area contributed by atoms with Crippen molar-refractivity contribution in [2.45, 2.75) is 13.8 Å². The van der Waals surface area contributed by atoms with Crippen LogP contribution in [0.25, 0.3) is 0 Å². The van der Waals surface area contributed by atoms with Crippen molar-refractivity contribution in [1.82, 2.24) is 4.48 Å². The second kappa shape index (κ2) is 8.97. The molecule has 0 unspecified atom stereocenters. The van der Waals surface area contributed by atoms with Gasteiger partial charge >= 0.3 is 0 Å². The summed E-state index contributed by atoms with van der Waals surface area (Å²) in [6.07, 6.45) is 1.36. The molecule has 1 aromatic carbocycles. The molecule has 0 N–H and O–H groups in total. The Morgan fingerprint density at radius 1 is 1.30 bits per heavy atom. The monoisotopic (exact) mass is 390 g/mol. The Hall–Kier alpha value is -1.08. The summed E-state index contributed by atoms with van der Waals surface area (Å²) in [5, 5.41) is 11.1. The molecule has 112 valence electrons. The zero-order chi connectivity index (χ0) is 14.3. The predicted octanol–water partition coefficient (Wildman–Crippen LogP) is 2.56. The van der Waals surface area contributed by atoms with Crippen LogP contribution in [0.5, 0.6) is 5.75 Å². The molecular weight excluding hydrogens is 367 g/mol. The third-order valence-electron chi connectivity index (χ3n) is 3.46. The third kappa shape index (κ3) is 4.49. The van der Waals surface area contributed by atoms with Crippen LogP contribution in [-0.2, 0) is 0 Å². The predicted molar refractivity (Wildman–Crippen MR) is 93.8 cm³/mol. The Morgan fingerprint density at radius 3 is 2.25 bits per heavy atom. The van der Waals surface area contributed by atoms with E-state index in [4.69, 9.17) is 4.74 Å². The van der Waals surface area contributed by atoms with E-state index in [1.165, 1.54) is 12.7 Å². The fraction of sp³-hybridized carbons (Fsp3) is 0.400. The van der Waals surface area contributed by atoms with Gasteiger partial charge in [-0.2, -0.15) is 0 Å². The second-order valence-electron chi connectivity index (χ2n) is 4.33. The molecule has 0 saturated heterocycles. The van der Waals surface area contributed by atoms with Gasteiger partial charge in [0.25, 0.3) is 0 Å². The van der Waals surface area contributed by atoms with Gasteiger partial charge in [0.05, 0.1) is 13.1 Å². The Kier molecular flexibility index (Phi) is 8.48. The van der Waals surface area contributed by atoms with Gasteiger partial charge in [-0.1, -0.05) is 6.58 Å². The van der Waals surface area contributed by atoms with Gasteiger partial charge in [0, 0.05) is 24.9 Å². The maximum absolute atomic E-state index is 11.1. The molecule has 0 saturated carbocycles. The van der Waals surface area contributed by atoms with Gasteiger partial charge in [-0.05, 0) is 32.1 Å². The summed E-state index contributed by atoms with van der Waals surface area (Å²) in [5.74, 6) is 0.517. The molecule has 0 atom stereocenters. The van der Waals surface area contributed by atoms with Crippen LogP contribution < -0.4 is 14.3 Å². The quantitative estimate of drug-likeness (QED) is 0.246. The second-order valence-corrected chi connectivity index (χ2v) is 4.33. The highest BCUT2D eigenvalue weighted by Crippen LogP contribution is 2.25. The zero-order valence-corrected chi connectivity index (χ0v) is 14.7. The standard InChI is InChI=1S/C15H22N2O2.HI/c1-5-12-17(6-2,7-3)13-8-10-14(11-9-13)19-15(18)16-4;/h5,8-11H,1,6-7,12H2,2-4H3;1H. The molecule has 0 amide bonds. The Labute approximate surface area is 138 Å². The van der Waals surface area contributed by atoms with E-state index < -0.39 is 6.08 Å². The van der Waals surface area contributed by atoms with E-state index in [9.17, 15) is 5.11 Å². The fourth-order valence-corrected chi connectivity index (χ4v) is 2.18. The SMILES string of the molecule is C=CC[N+](CC)(CC)c1ccc(OC([O-])=NC)cc1.I. The summed E-state index contributed by atoms with van der Waals surface area (Å²) in [4.78, 5) is 3.44. The maximum atomic E-state index is 11.1. The molecule has 0 heterocycles. The van der Waals surface area contributed by atoms with Crippen molar-refractivity contribution >= 4 is 35.7 Å². The number of benzene rings is 1. The lowest BCUT2D eigenvalue weighted by atomic mass is 10.2. The highest BCUT2D eigenvalue weighted by atomic mass is 127. The van der Waals surface area contributed by atoms with Crippen molar-refractivity contribution in [3.63, 3.8) is 0 Å². The first-order chi connectivity index (χ1) is 9.11. The molecule has 0 fully saturated rings. The van der Waals surface area contributed by atoms with Crippen LogP contribution in [0, 0.1) is 0 Å². The van der Waals surface area contributed by atoms with E-state index >= 15 is 0 Å². The Morgan fingerprint density at radius 2 is 1.85 bits per heavy atom. The van der Waals surface area contributed by atoms with Crippen LogP contribution in [0.2, 0.25) is 0 Å². The Bertz CT molecular complexity index is 440. The van der Waals surface area contributed by atoms with Crippen LogP contribution in [0.1, 0.15) is 13.8 Å². The average Bonchev–Trinajstić information content (AvgIpc) is 2.45. The number of ether oxygens (including phenoxy) is 1. The summed E-state index contributed by atoms with van der Waals surface area (Å²) in [7, 11) is 1.41. The van der Waals surface area contributed by atoms with Crippen molar-refractivity contribution < 1.29 is 9.84 Å². The van der Waals surface area contributed by atoms with Crippen molar-refractivity contribution in [3.8, 4) is 5.75 Å². The van der Waals surface area contributed by atoms with E-state index in [1.807, 2.05) is 18.2 Å². The van der Waals surface area contributed by atoms with Crippen molar-refractivity contribution in [2.75, 3.05) is 26.7 Å². The molecule has 1 aromatic rings. The summed E-state index contributed by atoms with van der Waals surface area (Å²) < 4.78 is 5.87. The summed E-state index contributed by atoms with van der Waals surface area (Å²) in [5.41, 5.74) is 1.19. The molecule has 0 bridgehead atoms. The number of quaternary nitrogens is 1. The number of aliphatic imine (C=N–C) groups is 1. The molecular formula is C15H23IN2O2. The minimum absolute atomic E-state index is 0. The van der Waals surface area contributed by atoms with Gasteiger partial charge in [-0.15, -0.1) is 24.0 Å². The van der Waals surface area contributed by atoms with E-state index in [0.29, 0.717) is 5.75 Å². The first-order valence-electron chi connectivity index (χ1n) is 6.51. The molecule has 20 heavy (non-hydrogen) atoms. The van der Waals surface area contributed by atoms with E-state index in [2.05, 4.69) is 25.4 Å². The van der Waals surface area contributed by atoms with Gasteiger partial charge in [0.15, 0.2) is 0 Å². The van der Waals surface area contributed by atoms with Gasteiger partial charge in [0.1, 0.15) is 18.3 Å². The molecule has 0 aromatic heterocycles. The van der Waals surface area contributed by atoms with Crippen LogP contribution in [-0.4, -0.2) is 32.8 Å². The third-order valence-corrected chi connectivity index (χ3v) is 3.46. The van der Waals surface area contributed by atoms with Crippen LogP contribution in [0.15, 0.2) is 41.9 Å². The fourth-order valence-electron chi connectivity index (χ4n) is 2.18. The van der Waals surface area contributed by atoms with Gasteiger partial charge in [-0.3, -0.25) is 9.48 Å². The first-order valence-corrected chi connectivity index (χ1v) is 6.51. The Balaban J connectivity index is 0.00000361. The van der Waals surface area contributed by atoms with Gasteiger partial charge in [-0.25, -0.2) is 0 Å². The lowest BCUT2D eigenvalue weighted by Crippen LogP contribution is -2.49. The number of halogens is 1. The lowest BCUT2D eigenvalue weighted by molar-refractivity contribution is -0.240. The molecule has 0 aliphatic heterocycles. The molecule has 0 aliphatic carbocycles. The van der Waals surface area contributed by atoms with Crippen molar-refractivity contribution in [2.24, 2.45) is 4.99 Å². The van der Waals surface area contributed by atoms with Crippen LogP contribution in [0.3, 0.4) is 0 Å². The van der Waals surface area contributed by atoms with Crippen LogP contribution >= 0.6 is 24.0 Å². The molecule has 1 rings (SSSR count). The maximum Gasteiger partial charge on any atom is 0.149 e. The summed E-state index contributed by atoms with van der Waals surface area (Å²) >= 11 is 0. The van der Waals surface area contributed by atoms with E-state index in [0.717, 1.165) is 24.1 Å². The molecule has 5 heteroatoms. The largest absolute Gasteiger partial charge is 0.567 e. The number of nitrogens with zero attached hydrogens (tertiary/aromatic N) is 2. The van der Waals surface area contributed by atoms with Crippen LogP contribution in [0.4, 0.5) is 5.69 Å². The van der Waals surface area contributed by atoms with E-state index in [1.54, 1.807) is 12.1 Å². The van der Waals surface area contributed by atoms with E-state index in [-0.39, 0.29) is 24.0 Å². The molecule has 0 aliphatic rings. The summed E-state index contributed by atoms with van der Waals surface area (Å²) in [6, 6.07) is 7.60. The van der Waals surface area contributed by atoms with Crippen molar-refractivity contribution in [3.05, 3.63) is 36.9 Å². The molecule has 4 nitrogen and oxygen atoms in total. The van der Waals surface area contributed by atoms with Gasteiger partial charge in [0.2, 0.25) is 0 Å². The smallest absolute Gasteiger partial charge is 0.149 e. The number of likely N-dealkylation sites (N-methyl/N-ethyl adjacent to an activating group) is 1. The van der Waals surface area contributed by atoms with Gasteiger partial charge < -0.3 is 9.84 Å². The number of hydrogen-bond donors (Lipinski definition) is 0. The molecule has 0 spiro atoms. The average molecular weight is 390 g/mol. The minimum Gasteiger partial charge on any atom is -0.567 e. The normalized spacial score (nSPS) is 11.7. The van der Waals surface area contributed by atoms with Crippen molar-refractivity contribution in [1.29, 1.82) is 0 Å². The minimum atomic E-state index is -0.578. The topological polar surface area (TPSA) is 44.6 Å². The highest BCUT2D eigenvalue weighted by molar-refractivity contribution is 14.0. The highest BCUT2D eigenvalue weighted by Gasteiger charge is 2.24. The molecule has 0 radical (unpaired) electrons.